The first-order valence-electron chi connectivity index (χ1n) is 4.44. The van der Waals surface area contributed by atoms with Gasteiger partial charge in [0.05, 0.1) is 5.92 Å². The van der Waals surface area contributed by atoms with Gasteiger partial charge in [0.25, 0.3) is 0 Å². The Balaban J connectivity index is 2.48. The monoisotopic (exact) mass is 305 g/mol. The van der Waals surface area contributed by atoms with Gasteiger partial charge in [-0.2, -0.15) is 0 Å². The molecular weight excluding hydrogens is 300 g/mol. The lowest BCUT2D eigenvalue weighted by Gasteiger charge is -2.11. The maximum Gasteiger partial charge on any atom is 0.245 e. The highest BCUT2D eigenvalue weighted by Crippen LogP contribution is 2.32. The molecule has 0 aliphatic carbocycles. The summed E-state index contributed by atoms with van der Waals surface area (Å²) in [6.07, 6.45) is 0. The molecule has 1 fully saturated rings. The van der Waals surface area contributed by atoms with Gasteiger partial charge in [-0.1, -0.05) is 15.9 Å². The van der Waals surface area contributed by atoms with Gasteiger partial charge in [0.15, 0.2) is 0 Å². The van der Waals surface area contributed by atoms with Crippen LogP contribution in [-0.2, 0) is 9.59 Å². The first-order chi connectivity index (χ1) is 7.50. The molecule has 2 atom stereocenters. The third-order valence-electron chi connectivity index (χ3n) is 2.37. The van der Waals surface area contributed by atoms with Crippen LogP contribution in [0.4, 0.5) is 4.39 Å². The molecule has 1 saturated heterocycles. The first-order valence-corrected chi connectivity index (χ1v) is 5.67. The molecule has 1 aromatic rings. The fourth-order valence-corrected chi connectivity index (χ4v) is 2.29. The Kier molecular flexibility index (Phi) is 2.99. The molecule has 1 aliphatic heterocycles. The Labute approximate surface area is 104 Å². The molecule has 0 saturated carbocycles. The van der Waals surface area contributed by atoms with Gasteiger partial charge in [-0.15, -0.1) is 11.6 Å². The van der Waals surface area contributed by atoms with Crippen molar-refractivity contribution >= 4 is 39.3 Å². The minimum Gasteiger partial charge on any atom is -0.295 e. The second-order valence-corrected chi connectivity index (χ2v) is 4.78. The van der Waals surface area contributed by atoms with Crippen LogP contribution in [0.5, 0.6) is 0 Å². The quantitative estimate of drug-likeness (QED) is 0.636. The lowest BCUT2D eigenvalue weighted by molar-refractivity contribution is -0.125. The Morgan fingerprint density at radius 1 is 1.31 bits per heavy atom. The third-order valence-corrected chi connectivity index (χ3v) is 3.31. The van der Waals surface area contributed by atoms with Crippen molar-refractivity contribution in [2.45, 2.75) is 11.3 Å². The van der Waals surface area contributed by atoms with Crippen molar-refractivity contribution < 1.29 is 14.0 Å². The van der Waals surface area contributed by atoms with E-state index in [0.717, 1.165) is 0 Å². The molecule has 2 rings (SSSR count). The van der Waals surface area contributed by atoms with Crippen LogP contribution >= 0.6 is 27.5 Å². The summed E-state index contributed by atoms with van der Waals surface area (Å²) in [5.41, 5.74) is 0.123. The van der Waals surface area contributed by atoms with Crippen molar-refractivity contribution in [2.75, 3.05) is 0 Å². The van der Waals surface area contributed by atoms with E-state index in [1.165, 1.54) is 18.2 Å². The number of hydrogen-bond donors (Lipinski definition) is 1. The maximum atomic E-state index is 13.5. The second-order valence-electron chi connectivity index (χ2n) is 3.40. The zero-order chi connectivity index (χ0) is 11.9. The molecule has 1 aliphatic rings. The SMILES string of the molecule is O=C1NC(=O)C(c2cc(Br)ccc2F)C1Cl. The fourth-order valence-electron chi connectivity index (χ4n) is 1.60. The average Bonchev–Trinajstić information content (AvgIpc) is 2.46. The summed E-state index contributed by atoms with van der Waals surface area (Å²) in [4.78, 5) is 22.6. The molecule has 1 N–H and O–H groups in total. The van der Waals surface area contributed by atoms with Crippen molar-refractivity contribution in [2.24, 2.45) is 0 Å². The first kappa shape index (κ1) is 11.5. The van der Waals surface area contributed by atoms with Gasteiger partial charge in [-0.25, -0.2) is 4.39 Å². The van der Waals surface area contributed by atoms with E-state index in [2.05, 4.69) is 21.2 Å². The van der Waals surface area contributed by atoms with E-state index in [-0.39, 0.29) is 5.56 Å². The molecule has 0 spiro atoms. The van der Waals surface area contributed by atoms with E-state index in [0.29, 0.717) is 4.47 Å². The van der Waals surface area contributed by atoms with Crippen molar-refractivity contribution in [3.63, 3.8) is 0 Å². The number of benzene rings is 1. The Morgan fingerprint density at radius 3 is 2.56 bits per heavy atom. The van der Waals surface area contributed by atoms with Crippen LogP contribution in [0.15, 0.2) is 22.7 Å². The van der Waals surface area contributed by atoms with Gasteiger partial charge >= 0.3 is 0 Å². The summed E-state index contributed by atoms with van der Waals surface area (Å²) >= 11 is 8.94. The lowest BCUT2D eigenvalue weighted by atomic mass is 9.97. The molecule has 6 heteroatoms. The number of rotatable bonds is 1. The molecule has 16 heavy (non-hydrogen) atoms. The van der Waals surface area contributed by atoms with E-state index < -0.39 is 28.9 Å². The molecule has 2 unspecified atom stereocenters. The van der Waals surface area contributed by atoms with Crippen LogP contribution in [0.3, 0.4) is 0 Å². The smallest absolute Gasteiger partial charge is 0.245 e. The van der Waals surface area contributed by atoms with Gasteiger partial charge in [-0.05, 0) is 18.2 Å². The number of carbonyl (C=O) groups is 2. The van der Waals surface area contributed by atoms with E-state index in [1.54, 1.807) is 0 Å². The highest BCUT2D eigenvalue weighted by atomic mass is 79.9. The number of alkyl halides is 1. The molecule has 2 amide bonds. The zero-order valence-corrected chi connectivity index (χ0v) is 10.2. The van der Waals surface area contributed by atoms with Crippen molar-refractivity contribution in [1.29, 1.82) is 0 Å². The van der Waals surface area contributed by atoms with Crippen molar-refractivity contribution in [1.82, 2.24) is 5.32 Å². The van der Waals surface area contributed by atoms with E-state index in [1.807, 2.05) is 0 Å². The summed E-state index contributed by atoms with van der Waals surface area (Å²) in [6.45, 7) is 0. The molecule has 3 nitrogen and oxygen atoms in total. The minimum atomic E-state index is -1.06. The van der Waals surface area contributed by atoms with Crippen LogP contribution in [-0.4, -0.2) is 17.2 Å². The van der Waals surface area contributed by atoms with E-state index in [9.17, 15) is 14.0 Å². The summed E-state index contributed by atoms with van der Waals surface area (Å²) in [5.74, 6) is -2.67. The summed E-state index contributed by atoms with van der Waals surface area (Å²) in [7, 11) is 0. The number of amides is 2. The standard InChI is InChI=1S/C10H6BrClFNO2/c11-4-1-2-6(13)5(3-4)7-8(12)10(16)14-9(7)15/h1-3,7-8H,(H,14,15,16). The molecule has 0 bridgehead atoms. The van der Waals surface area contributed by atoms with Gasteiger partial charge < -0.3 is 0 Å². The van der Waals surface area contributed by atoms with Crippen LogP contribution in [0, 0.1) is 5.82 Å². The Hall–Kier alpha value is -0.940. The van der Waals surface area contributed by atoms with Crippen LogP contribution in [0.25, 0.3) is 0 Å². The lowest BCUT2D eigenvalue weighted by Crippen LogP contribution is -2.22. The largest absolute Gasteiger partial charge is 0.295 e. The van der Waals surface area contributed by atoms with Crippen LogP contribution in [0.1, 0.15) is 11.5 Å². The predicted molar refractivity (Wildman–Crippen MR) is 59.6 cm³/mol. The minimum absolute atomic E-state index is 0.123. The summed E-state index contributed by atoms with van der Waals surface area (Å²) < 4.78 is 14.1. The maximum absolute atomic E-state index is 13.5. The Bertz CT molecular complexity index is 480. The van der Waals surface area contributed by atoms with Crippen LogP contribution < -0.4 is 5.32 Å². The highest BCUT2D eigenvalue weighted by Gasteiger charge is 2.42. The zero-order valence-electron chi connectivity index (χ0n) is 7.84. The number of hydrogen-bond acceptors (Lipinski definition) is 2. The normalized spacial score (nSPS) is 24.7. The van der Waals surface area contributed by atoms with Crippen LogP contribution in [0.2, 0.25) is 0 Å². The average molecular weight is 307 g/mol. The number of halogens is 3. The molecule has 1 heterocycles. The van der Waals surface area contributed by atoms with Crippen molar-refractivity contribution in [3.8, 4) is 0 Å². The number of imide groups is 1. The molecule has 0 aromatic heterocycles. The number of carbonyl (C=O) groups excluding carboxylic acids is 2. The van der Waals surface area contributed by atoms with E-state index >= 15 is 0 Å². The third kappa shape index (κ3) is 1.85. The van der Waals surface area contributed by atoms with Gasteiger partial charge in [0.1, 0.15) is 11.2 Å². The van der Waals surface area contributed by atoms with Gasteiger partial charge in [-0.3, -0.25) is 14.9 Å². The van der Waals surface area contributed by atoms with Crippen molar-refractivity contribution in [3.05, 3.63) is 34.1 Å². The second kappa shape index (κ2) is 4.14. The Morgan fingerprint density at radius 2 is 2.00 bits per heavy atom. The van der Waals surface area contributed by atoms with Gasteiger partial charge in [0, 0.05) is 10.0 Å². The molecule has 0 radical (unpaired) electrons. The highest BCUT2D eigenvalue weighted by molar-refractivity contribution is 9.10. The molecular formula is C10H6BrClFNO2. The molecule has 1 aromatic carbocycles. The summed E-state index contributed by atoms with van der Waals surface area (Å²) in [6, 6.07) is 4.18. The predicted octanol–water partition coefficient (Wildman–Crippen LogP) is 1.94. The fraction of sp³-hybridized carbons (Fsp3) is 0.200. The molecule has 84 valence electrons. The number of nitrogens with one attached hydrogen (secondary N) is 1. The van der Waals surface area contributed by atoms with Gasteiger partial charge in [0.2, 0.25) is 11.8 Å². The summed E-state index contributed by atoms with van der Waals surface area (Å²) in [5, 5.41) is 1.01. The van der Waals surface area contributed by atoms with E-state index in [4.69, 9.17) is 11.6 Å². The topological polar surface area (TPSA) is 46.2 Å².